The second-order valence-corrected chi connectivity index (χ2v) is 6.07. The first-order valence-electron chi connectivity index (χ1n) is 8.08. The molecule has 0 amide bonds. The minimum Gasteiger partial charge on any atom is -0.361 e. The Kier molecular flexibility index (Phi) is 6.52. The Morgan fingerprint density at radius 3 is 2.28 bits per heavy atom. The van der Waals surface area contributed by atoms with Gasteiger partial charge in [0, 0.05) is 25.1 Å². The Hall–Kier alpha value is -1.96. The third kappa shape index (κ3) is 6.12. The van der Waals surface area contributed by atoms with Crippen LogP contribution in [0.4, 0.5) is 17.6 Å². The number of ketones is 1. The fourth-order valence-electron chi connectivity index (χ4n) is 2.79. The number of hydrogen-bond donors (Lipinski definition) is 0. The van der Waals surface area contributed by atoms with E-state index in [0.29, 0.717) is 31.2 Å². The van der Waals surface area contributed by atoms with Crippen LogP contribution in [0.1, 0.15) is 42.5 Å². The molecule has 1 saturated heterocycles. The van der Waals surface area contributed by atoms with E-state index < -0.39 is 18.0 Å². The van der Waals surface area contributed by atoms with Crippen molar-refractivity contribution in [1.82, 2.24) is 5.06 Å². The van der Waals surface area contributed by atoms with Crippen LogP contribution in [-0.2, 0) is 9.63 Å². The zero-order chi connectivity index (χ0) is 18.4. The number of piperidine rings is 1. The Labute approximate surface area is 142 Å². The number of carbonyl (C=O) groups is 2. The molecule has 138 valence electrons. The fourth-order valence-corrected chi connectivity index (χ4v) is 2.79. The Morgan fingerprint density at radius 2 is 1.72 bits per heavy atom. The zero-order valence-electron chi connectivity index (χ0n) is 13.5. The van der Waals surface area contributed by atoms with E-state index in [-0.39, 0.29) is 24.8 Å². The summed E-state index contributed by atoms with van der Waals surface area (Å²) in [7, 11) is 0. The summed E-state index contributed by atoms with van der Waals surface area (Å²) in [6.45, 7) is 0.497. The molecule has 8 heteroatoms. The molecule has 1 heterocycles. The number of halogens is 4. The molecule has 1 aromatic carbocycles. The number of Topliss-reactive ketones (excluding diaryl/α,β-unsaturated/α-hetero) is 1. The van der Waals surface area contributed by atoms with Gasteiger partial charge in [-0.1, -0.05) is 0 Å². The summed E-state index contributed by atoms with van der Waals surface area (Å²) >= 11 is 0. The van der Waals surface area contributed by atoms with Gasteiger partial charge in [-0.15, -0.1) is 5.06 Å². The predicted octanol–water partition coefficient (Wildman–Crippen LogP) is 3.91. The highest BCUT2D eigenvalue weighted by atomic mass is 19.4. The van der Waals surface area contributed by atoms with Gasteiger partial charge in [-0.25, -0.2) is 9.18 Å². The Balaban J connectivity index is 1.66. The summed E-state index contributed by atoms with van der Waals surface area (Å²) < 4.78 is 49.2. The van der Waals surface area contributed by atoms with Crippen molar-refractivity contribution < 1.29 is 32.0 Å². The SMILES string of the molecule is O=C(CCCC1CCN(OC(=O)C(F)(F)F)CC1)c1ccc(F)cc1. The molecule has 0 unspecified atom stereocenters. The zero-order valence-corrected chi connectivity index (χ0v) is 13.5. The molecule has 4 nitrogen and oxygen atoms in total. The number of rotatable bonds is 6. The van der Waals surface area contributed by atoms with E-state index in [2.05, 4.69) is 4.84 Å². The van der Waals surface area contributed by atoms with Gasteiger partial charge in [0.15, 0.2) is 5.78 Å². The molecule has 1 aromatic rings. The smallest absolute Gasteiger partial charge is 0.361 e. The van der Waals surface area contributed by atoms with Crippen LogP contribution in [0.5, 0.6) is 0 Å². The molecule has 1 fully saturated rings. The van der Waals surface area contributed by atoms with Crippen molar-refractivity contribution in [2.75, 3.05) is 13.1 Å². The van der Waals surface area contributed by atoms with Crippen molar-refractivity contribution in [3.8, 4) is 0 Å². The molecule has 1 aliphatic heterocycles. The number of alkyl halides is 3. The normalized spacial score (nSPS) is 16.6. The van der Waals surface area contributed by atoms with Gasteiger partial charge in [-0.2, -0.15) is 13.2 Å². The molecule has 0 atom stereocenters. The van der Waals surface area contributed by atoms with Crippen LogP contribution in [0.25, 0.3) is 0 Å². The van der Waals surface area contributed by atoms with Crippen LogP contribution in [0.3, 0.4) is 0 Å². The average molecular weight is 361 g/mol. The van der Waals surface area contributed by atoms with E-state index in [1.165, 1.54) is 24.3 Å². The maximum absolute atomic E-state index is 12.8. The number of hydrogen-bond acceptors (Lipinski definition) is 4. The highest BCUT2D eigenvalue weighted by Crippen LogP contribution is 2.25. The highest BCUT2D eigenvalue weighted by molar-refractivity contribution is 5.95. The summed E-state index contributed by atoms with van der Waals surface area (Å²) in [6, 6.07) is 5.38. The van der Waals surface area contributed by atoms with Crippen molar-refractivity contribution in [3.05, 3.63) is 35.6 Å². The summed E-state index contributed by atoms with van der Waals surface area (Å²) in [5.74, 6) is -2.37. The molecule has 0 saturated carbocycles. The van der Waals surface area contributed by atoms with Crippen molar-refractivity contribution in [3.63, 3.8) is 0 Å². The molecule has 0 radical (unpaired) electrons. The number of hydroxylamine groups is 2. The number of nitrogens with zero attached hydrogens (tertiary/aromatic N) is 1. The van der Waals surface area contributed by atoms with Crippen LogP contribution < -0.4 is 0 Å². The molecular formula is C17H19F4NO3. The first-order valence-corrected chi connectivity index (χ1v) is 8.08. The summed E-state index contributed by atoms with van der Waals surface area (Å²) in [5.41, 5.74) is 0.468. The quantitative estimate of drug-likeness (QED) is 0.569. The van der Waals surface area contributed by atoms with Crippen molar-refractivity contribution in [1.29, 1.82) is 0 Å². The minimum atomic E-state index is -4.99. The molecule has 0 bridgehead atoms. The monoisotopic (exact) mass is 361 g/mol. The molecule has 0 aromatic heterocycles. The molecule has 25 heavy (non-hydrogen) atoms. The largest absolute Gasteiger partial charge is 0.492 e. The molecule has 0 aliphatic carbocycles. The summed E-state index contributed by atoms with van der Waals surface area (Å²) in [4.78, 5) is 27.0. The van der Waals surface area contributed by atoms with E-state index in [0.717, 1.165) is 11.5 Å². The third-order valence-corrected chi connectivity index (χ3v) is 4.20. The van der Waals surface area contributed by atoms with Crippen molar-refractivity contribution in [2.24, 2.45) is 5.92 Å². The lowest BCUT2D eigenvalue weighted by Crippen LogP contribution is -2.39. The lowest BCUT2D eigenvalue weighted by atomic mass is 9.91. The Morgan fingerprint density at radius 1 is 1.12 bits per heavy atom. The van der Waals surface area contributed by atoms with Gasteiger partial charge in [-0.05, 0) is 55.9 Å². The number of benzene rings is 1. The highest BCUT2D eigenvalue weighted by Gasteiger charge is 2.42. The van der Waals surface area contributed by atoms with Gasteiger partial charge < -0.3 is 4.84 Å². The topological polar surface area (TPSA) is 46.6 Å². The van der Waals surface area contributed by atoms with Gasteiger partial charge in [0.25, 0.3) is 0 Å². The van der Waals surface area contributed by atoms with E-state index in [4.69, 9.17) is 0 Å². The van der Waals surface area contributed by atoms with Gasteiger partial charge in [0.2, 0.25) is 0 Å². The molecule has 1 aliphatic rings. The van der Waals surface area contributed by atoms with E-state index >= 15 is 0 Å². The molecule has 2 rings (SSSR count). The average Bonchev–Trinajstić information content (AvgIpc) is 2.56. The van der Waals surface area contributed by atoms with Crippen molar-refractivity contribution >= 4 is 11.8 Å². The van der Waals surface area contributed by atoms with Crippen molar-refractivity contribution in [2.45, 2.75) is 38.3 Å². The lowest BCUT2D eigenvalue weighted by Gasteiger charge is -2.30. The maximum atomic E-state index is 12.8. The van der Waals surface area contributed by atoms with Gasteiger partial charge in [0.1, 0.15) is 5.82 Å². The summed E-state index contributed by atoms with van der Waals surface area (Å²) in [5, 5.41) is 1.04. The van der Waals surface area contributed by atoms with Crippen LogP contribution in [-0.4, -0.2) is 36.1 Å². The standard InChI is InChI=1S/C17H19F4NO3/c18-14-6-4-13(5-7-14)15(23)3-1-2-12-8-10-22(11-9-12)25-16(24)17(19,20)21/h4-7,12H,1-3,8-11H2. The van der Waals surface area contributed by atoms with Crippen LogP contribution in [0.15, 0.2) is 24.3 Å². The van der Waals surface area contributed by atoms with Gasteiger partial charge in [-0.3, -0.25) is 4.79 Å². The van der Waals surface area contributed by atoms with Gasteiger partial charge in [0.05, 0.1) is 0 Å². The first-order chi connectivity index (χ1) is 11.8. The Bertz CT molecular complexity index is 593. The number of carbonyl (C=O) groups excluding carboxylic acids is 2. The lowest BCUT2D eigenvalue weighted by molar-refractivity contribution is -0.242. The second kappa shape index (κ2) is 8.42. The first kappa shape index (κ1) is 19.4. The maximum Gasteiger partial charge on any atom is 0.492 e. The second-order valence-electron chi connectivity index (χ2n) is 6.07. The van der Waals surface area contributed by atoms with E-state index in [1.54, 1.807) is 0 Å². The third-order valence-electron chi connectivity index (χ3n) is 4.20. The predicted molar refractivity (Wildman–Crippen MR) is 81.0 cm³/mol. The fraction of sp³-hybridized carbons (Fsp3) is 0.529. The van der Waals surface area contributed by atoms with Crippen LogP contribution >= 0.6 is 0 Å². The van der Waals surface area contributed by atoms with Crippen LogP contribution in [0, 0.1) is 11.7 Å². The molecule has 0 N–H and O–H groups in total. The summed E-state index contributed by atoms with van der Waals surface area (Å²) in [6.07, 6.45) is -2.00. The minimum absolute atomic E-state index is 0.0588. The van der Waals surface area contributed by atoms with E-state index in [9.17, 15) is 27.2 Å². The van der Waals surface area contributed by atoms with E-state index in [1.807, 2.05) is 0 Å². The molecule has 0 spiro atoms. The van der Waals surface area contributed by atoms with Crippen LogP contribution in [0.2, 0.25) is 0 Å². The van der Waals surface area contributed by atoms with Gasteiger partial charge >= 0.3 is 12.1 Å². The molecular weight excluding hydrogens is 342 g/mol.